The summed E-state index contributed by atoms with van der Waals surface area (Å²) in [6.45, 7) is 0. The van der Waals surface area contributed by atoms with Gasteiger partial charge in [-0.2, -0.15) is 5.10 Å². The number of ether oxygens (including phenoxy) is 1. The van der Waals surface area contributed by atoms with Crippen LogP contribution in [-0.4, -0.2) is 10.2 Å². The van der Waals surface area contributed by atoms with Crippen LogP contribution < -0.4 is 4.74 Å². The quantitative estimate of drug-likeness (QED) is 0.448. The molecule has 1 aliphatic rings. The minimum absolute atomic E-state index is 0.669. The summed E-state index contributed by atoms with van der Waals surface area (Å²) in [6.07, 6.45) is 1.60. The molecule has 0 radical (unpaired) electrons. The Morgan fingerprint density at radius 1 is 1.57 bits per heavy atom. The molecule has 2 rings (SSSR count). The average Bonchev–Trinajstić information content (AvgIpc) is 2.41. The summed E-state index contributed by atoms with van der Waals surface area (Å²) in [5.74, 6) is 1.53. The van der Waals surface area contributed by atoms with Crippen molar-refractivity contribution in [2.75, 3.05) is 0 Å². The molecule has 3 nitrogen and oxygen atoms in total. The highest BCUT2D eigenvalue weighted by Gasteiger charge is 2.20. The van der Waals surface area contributed by atoms with Crippen LogP contribution in [-0.2, 0) is 0 Å². The zero-order valence-electron chi connectivity index (χ0n) is 3.46. The fourth-order valence-electron chi connectivity index (χ4n) is 0.440. The highest BCUT2D eigenvalue weighted by Crippen LogP contribution is 2.40. The first-order valence-electron chi connectivity index (χ1n) is 1.96. The molecule has 0 N–H and O–H groups in total. The number of aromatic nitrogens is 2. The van der Waals surface area contributed by atoms with Crippen LogP contribution in [0.4, 0.5) is 0 Å². The van der Waals surface area contributed by atoms with Crippen molar-refractivity contribution < 1.29 is 4.74 Å². The van der Waals surface area contributed by atoms with Gasteiger partial charge >= 0.3 is 0 Å². The number of fused-ring (bicyclic) bond motifs is 1. The van der Waals surface area contributed by atoms with Gasteiger partial charge in [0.2, 0.25) is 0 Å². The SMILES string of the molecule is c1cc2c(nn1)O2. The van der Waals surface area contributed by atoms with Crippen LogP contribution in [0.3, 0.4) is 0 Å². The highest BCUT2D eigenvalue weighted by atomic mass is 16.6. The first kappa shape index (κ1) is 2.96. The molecule has 1 aromatic heterocycles. The van der Waals surface area contributed by atoms with Crippen molar-refractivity contribution in [2.45, 2.75) is 0 Å². The zero-order valence-corrected chi connectivity index (χ0v) is 3.46. The van der Waals surface area contributed by atoms with Crippen molar-refractivity contribution in [1.29, 1.82) is 0 Å². The topological polar surface area (TPSA) is 38.3 Å². The summed E-state index contributed by atoms with van der Waals surface area (Å²) in [7, 11) is 0. The standard InChI is InChI=1S/C4H2N2O/c1-2-5-6-4-3(1)7-4/h1-2H. The van der Waals surface area contributed by atoms with Gasteiger partial charge in [0, 0.05) is 6.07 Å². The Morgan fingerprint density at radius 2 is 2.57 bits per heavy atom. The maximum absolute atomic E-state index is 4.76. The number of nitrogens with zero attached hydrogens (tertiary/aromatic N) is 2. The second-order valence-electron chi connectivity index (χ2n) is 1.30. The van der Waals surface area contributed by atoms with Crippen LogP contribution in [0, 0.1) is 0 Å². The van der Waals surface area contributed by atoms with E-state index in [9.17, 15) is 0 Å². The monoisotopic (exact) mass is 94.0 g/mol. The Kier molecular flexibility index (Phi) is 0.318. The molecular weight excluding hydrogens is 92.1 g/mol. The maximum Gasteiger partial charge on any atom is 0.282 e. The number of rotatable bonds is 0. The summed E-state index contributed by atoms with van der Waals surface area (Å²) in [6, 6.07) is 1.78. The first-order valence-corrected chi connectivity index (χ1v) is 1.96. The lowest BCUT2D eigenvalue weighted by Gasteiger charge is -1.61. The predicted molar refractivity (Wildman–Crippen MR) is 22.1 cm³/mol. The van der Waals surface area contributed by atoms with Gasteiger partial charge in [0.25, 0.3) is 5.88 Å². The molecule has 0 bridgehead atoms. The summed E-state index contributed by atoms with van der Waals surface area (Å²) in [4.78, 5) is 0. The number of hydrogen-bond acceptors (Lipinski definition) is 3. The third kappa shape index (κ3) is 0.287. The Morgan fingerprint density at radius 3 is 3.14 bits per heavy atom. The van der Waals surface area contributed by atoms with Gasteiger partial charge in [0.1, 0.15) is 0 Å². The molecule has 0 saturated heterocycles. The molecule has 0 aliphatic carbocycles. The van der Waals surface area contributed by atoms with Crippen LogP contribution in [0.5, 0.6) is 11.6 Å². The lowest BCUT2D eigenvalue weighted by molar-refractivity contribution is 0.629. The minimum Gasteiger partial charge on any atom is -0.429 e. The molecule has 2 heterocycles. The van der Waals surface area contributed by atoms with Crippen LogP contribution in [0.2, 0.25) is 0 Å². The molecule has 0 aromatic carbocycles. The minimum atomic E-state index is 0.669. The fraction of sp³-hybridized carbons (Fsp3) is 0. The van der Waals surface area contributed by atoms with E-state index in [1.807, 2.05) is 0 Å². The fourth-order valence-corrected chi connectivity index (χ4v) is 0.440. The first-order chi connectivity index (χ1) is 3.47. The van der Waals surface area contributed by atoms with E-state index in [0.29, 0.717) is 5.88 Å². The van der Waals surface area contributed by atoms with Crippen LogP contribution in [0.25, 0.3) is 0 Å². The Balaban J connectivity index is 2.73. The van der Waals surface area contributed by atoms with Gasteiger partial charge in [0.15, 0.2) is 5.75 Å². The van der Waals surface area contributed by atoms with Gasteiger partial charge in [-0.3, -0.25) is 0 Å². The summed E-state index contributed by atoms with van der Waals surface area (Å²) in [5, 5.41) is 7.16. The van der Waals surface area contributed by atoms with E-state index in [1.165, 1.54) is 0 Å². The van der Waals surface area contributed by atoms with Crippen molar-refractivity contribution in [2.24, 2.45) is 0 Å². The molecule has 34 valence electrons. The normalized spacial score (nSPS) is 12.0. The lowest BCUT2D eigenvalue weighted by atomic mass is 10.6. The average molecular weight is 94.1 g/mol. The van der Waals surface area contributed by atoms with Crippen LogP contribution >= 0.6 is 0 Å². The molecule has 7 heavy (non-hydrogen) atoms. The predicted octanol–water partition coefficient (Wildman–Crippen LogP) is 0.582. The molecule has 0 spiro atoms. The molecule has 1 aliphatic heterocycles. The zero-order chi connectivity index (χ0) is 4.69. The van der Waals surface area contributed by atoms with Gasteiger partial charge in [0.05, 0.1) is 6.20 Å². The number of hydrogen-bond donors (Lipinski definition) is 0. The van der Waals surface area contributed by atoms with E-state index in [0.717, 1.165) is 5.75 Å². The Labute approximate surface area is 39.9 Å². The summed E-state index contributed by atoms with van der Waals surface area (Å²) < 4.78 is 4.76. The Bertz CT molecular complexity index is 178. The van der Waals surface area contributed by atoms with Crippen molar-refractivity contribution in [1.82, 2.24) is 10.2 Å². The van der Waals surface area contributed by atoms with Crippen LogP contribution in [0.15, 0.2) is 12.3 Å². The summed E-state index contributed by atoms with van der Waals surface area (Å²) >= 11 is 0. The lowest BCUT2D eigenvalue weighted by Crippen LogP contribution is -1.64. The van der Waals surface area contributed by atoms with Gasteiger partial charge in [-0.15, -0.1) is 5.10 Å². The van der Waals surface area contributed by atoms with Crippen molar-refractivity contribution in [3.05, 3.63) is 12.3 Å². The van der Waals surface area contributed by atoms with Gasteiger partial charge < -0.3 is 4.74 Å². The molecular formula is C4H2N2O. The molecule has 0 atom stereocenters. The largest absolute Gasteiger partial charge is 0.429 e. The van der Waals surface area contributed by atoms with E-state index in [2.05, 4.69) is 10.2 Å². The van der Waals surface area contributed by atoms with Crippen molar-refractivity contribution >= 4 is 0 Å². The molecule has 1 aromatic rings. The molecule has 3 heteroatoms. The third-order valence-corrected chi connectivity index (χ3v) is 0.817. The smallest absolute Gasteiger partial charge is 0.282 e. The van der Waals surface area contributed by atoms with E-state index in [4.69, 9.17) is 4.74 Å². The van der Waals surface area contributed by atoms with E-state index in [1.54, 1.807) is 12.3 Å². The van der Waals surface area contributed by atoms with Gasteiger partial charge in [-0.1, -0.05) is 0 Å². The molecule has 0 saturated carbocycles. The van der Waals surface area contributed by atoms with Crippen molar-refractivity contribution in [3.63, 3.8) is 0 Å². The van der Waals surface area contributed by atoms with E-state index < -0.39 is 0 Å². The molecule has 0 amide bonds. The third-order valence-electron chi connectivity index (χ3n) is 0.817. The maximum atomic E-state index is 4.76. The molecule has 0 fully saturated rings. The van der Waals surface area contributed by atoms with Gasteiger partial charge in [-0.05, 0) is 0 Å². The second-order valence-corrected chi connectivity index (χ2v) is 1.30. The van der Waals surface area contributed by atoms with E-state index >= 15 is 0 Å². The van der Waals surface area contributed by atoms with Gasteiger partial charge in [-0.25, -0.2) is 0 Å². The summed E-state index contributed by atoms with van der Waals surface area (Å²) in [5.41, 5.74) is 0. The van der Waals surface area contributed by atoms with Crippen LogP contribution in [0.1, 0.15) is 0 Å². The molecule has 0 unspecified atom stereocenters. The van der Waals surface area contributed by atoms with E-state index in [-0.39, 0.29) is 0 Å². The highest BCUT2D eigenvalue weighted by molar-refractivity contribution is 5.45. The Hall–Kier alpha value is -1.12. The van der Waals surface area contributed by atoms with Crippen molar-refractivity contribution in [3.8, 4) is 11.6 Å². The second kappa shape index (κ2) is 0.753.